The zero-order chi connectivity index (χ0) is 29.7. The molecule has 0 aliphatic heterocycles. The molecule has 5 aromatic rings. The number of alkyl halides is 3. The lowest BCUT2D eigenvalue weighted by Gasteiger charge is -2.18. The molecular formula is C34H30F3N5O. The highest BCUT2D eigenvalue weighted by molar-refractivity contribution is 5.94. The predicted molar refractivity (Wildman–Crippen MR) is 158 cm³/mol. The van der Waals surface area contributed by atoms with E-state index in [0.717, 1.165) is 64.0 Å². The zero-order valence-electron chi connectivity index (χ0n) is 23.6. The van der Waals surface area contributed by atoms with Crippen LogP contribution in [-0.2, 0) is 12.6 Å². The Morgan fingerprint density at radius 3 is 2.63 bits per heavy atom. The zero-order valence-corrected chi connectivity index (χ0v) is 23.6. The molecule has 7 rings (SSSR count). The van der Waals surface area contributed by atoms with E-state index in [4.69, 9.17) is 4.98 Å². The van der Waals surface area contributed by atoms with E-state index in [1.165, 1.54) is 30.5 Å². The number of nitrogens with one attached hydrogen (secondary N) is 1. The lowest BCUT2D eigenvalue weighted by atomic mass is 9.92. The highest BCUT2D eigenvalue weighted by Crippen LogP contribution is 2.45. The van der Waals surface area contributed by atoms with Crippen molar-refractivity contribution in [1.29, 1.82) is 0 Å². The second-order valence-corrected chi connectivity index (χ2v) is 11.7. The topological polar surface area (TPSA) is 72.7 Å². The van der Waals surface area contributed by atoms with Gasteiger partial charge in [0.1, 0.15) is 5.82 Å². The van der Waals surface area contributed by atoms with Gasteiger partial charge < -0.3 is 5.32 Å². The van der Waals surface area contributed by atoms with E-state index in [1.807, 2.05) is 36.1 Å². The van der Waals surface area contributed by atoms with Gasteiger partial charge in [-0.3, -0.25) is 9.48 Å². The lowest BCUT2D eigenvalue weighted by molar-refractivity contribution is -0.137. The lowest BCUT2D eigenvalue weighted by Crippen LogP contribution is -2.27. The Balaban J connectivity index is 1.15. The molecule has 1 amide bonds. The fourth-order valence-corrected chi connectivity index (χ4v) is 5.55. The smallest absolute Gasteiger partial charge is 0.346 e. The van der Waals surface area contributed by atoms with Gasteiger partial charge in [-0.25, -0.2) is 9.97 Å². The van der Waals surface area contributed by atoms with Crippen molar-refractivity contribution >= 4 is 16.8 Å². The number of carbonyl (C=O) groups is 1. The molecule has 2 heterocycles. The molecule has 43 heavy (non-hydrogen) atoms. The Labute approximate surface area is 247 Å². The van der Waals surface area contributed by atoms with Gasteiger partial charge >= 0.3 is 6.18 Å². The van der Waals surface area contributed by atoms with E-state index in [9.17, 15) is 18.0 Å². The molecule has 2 aliphatic carbocycles. The number of hydrogen-bond acceptors (Lipinski definition) is 4. The van der Waals surface area contributed by atoms with Crippen molar-refractivity contribution in [3.63, 3.8) is 0 Å². The summed E-state index contributed by atoms with van der Waals surface area (Å²) in [5.41, 5.74) is 5.30. The van der Waals surface area contributed by atoms with Crippen LogP contribution >= 0.6 is 0 Å². The normalized spacial score (nSPS) is 15.9. The average Bonchev–Trinajstić information content (AvgIpc) is 3.95. The first-order valence-corrected chi connectivity index (χ1v) is 14.6. The maximum absolute atomic E-state index is 13.2. The van der Waals surface area contributed by atoms with Crippen molar-refractivity contribution in [2.45, 2.75) is 63.2 Å². The van der Waals surface area contributed by atoms with E-state index in [1.54, 1.807) is 0 Å². The maximum atomic E-state index is 13.2. The van der Waals surface area contributed by atoms with Crippen LogP contribution in [0.2, 0.25) is 0 Å². The van der Waals surface area contributed by atoms with Gasteiger partial charge in [0.15, 0.2) is 0 Å². The van der Waals surface area contributed by atoms with Gasteiger partial charge in [-0.2, -0.15) is 18.3 Å². The van der Waals surface area contributed by atoms with Gasteiger partial charge in [0, 0.05) is 29.8 Å². The number of fused-ring (bicyclic) bond motifs is 1. The number of aromatic nitrogens is 4. The molecule has 0 bridgehead atoms. The molecule has 0 unspecified atom stereocenters. The molecule has 0 saturated heterocycles. The van der Waals surface area contributed by atoms with Gasteiger partial charge in [-0.1, -0.05) is 30.3 Å². The van der Waals surface area contributed by atoms with E-state index >= 15 is 0 Å². The number of nitrogens with zero attached hydrogens (tertiary/aromatic N) is 4. The molecule has 2 saturated carbocycles. The monoisotopic (exact) mass is 581 g/mol. The van der Waals surface area contributed by atoms with Gasteiger partial charge in [0.25, 0.3) is 5.91 Å². The molecule has 0 spiro atoms. The summed E-state index contributed by atoms with van der Waals surface area (Å²) in [5.74, 6) is 0.671. The Hall–Kier alpha value is -4.53. The van der Waals surface area contributed by atoms with Crippen molar-refractivity contribution in [3.8, 4) is 11.1 Å². The SMILES string of the molecule is C[C@@H](NC(=O)c1cccc(C(F)(F)F)c1)c1ccc(C2CC2)c(-c2ccc3cnc(Cc4cnn(C5CC5)c4)nc3c2)c1. The van der Waals surface area contributed by atoms with Gasteiger partial charge in [0.05, 0.1) is 29.4 Å². The minimum absolute atomic E-state index is 0.0265. The van der Waals surface area contributed by atoms with Crippen molar-refractivity contribution in [3.05, 3.63) is 113 Å². The highest BCUT2D eigenvalue weighted by atomic mass is 19.4. The van der Waals surface area contributed by atoms with Crippen LogP contribution in [0, 0.1) is 0 Å². The van der Waals surface area contributed by atoms with Gasteiger partial charge in [-0.05, 0) is 96.7 Å². The summed E-state index contributed by atoms with van der Waals surface area (Å²) in [6, 6.07) is 17.0. The summed E-state index contributed by atoms with van der Waals surface area (Å²) in [5, 5.41) is 8.31. The van der Waals surface area contributed by atoms with Crippen LogP contribution in [0.15, 0.2) is 79.3 Å². The van der Waals surface area contributed by atoms with Crippen molar-refractivity contribution in [2.24, 2.45) is 0 Å². The third kappa shape index (κ3) is 5.89. The first kappa shape index (κ1) is 27.3. The van der Waals surface area contributed by atoms with Crippen molar-refractivity contribution < 1.29 is 18.0 Å². The Morgan fingerprint density at radius 1 is 1.02 bits per heavy atom. The molecule has 0 radical (unpaired) electrons. The van der Waals surface area contributed by atoms with Crippen molar-refractivity contribution in [2.75, 3.05) is 0 Å². The third-order valence-corrected chi connectivity index (χ3v) is 8.28. The average molecular weight is 582 g/mol. The number of hydrogen-bond donors (Lipinski definition) is 1. The fourth-order valence-electron chi connectivity index (χ4n) is 5.55. The molecular weight excluding hydrogens is 551 g/mol. The molecule has 2 fully saturated rings. The van der Waals surface area contributed by atoms with Crippen LogP contribution in [0.3, 0.4) is 0 Å². The van der Waals surface area contributed by atoms with Crippen molar-refractivity contribution in [1.82, 2.24) is 25.1 Å². The molecule has 3 aromatic carbocycles. The molecule has 218 valence electrons. The van der Waals surface area contributed by atoms with Crippen LogP contribution in [0.25, 0.3) is 22.0 Å². The highest BCUT2D eigenvalue weighted by Gasteiger charge is 2.31. The van der Waals surface area contributed by atoms with E-state index in [2.05, 4.69) is 45.9 Å². The van der Waals surface area contributed by atoms with Crippen LogP contribution in [-0.4, -0.2) is 25.7 Å². The summed E-state index contributed by atoms with van der Waals surface area (Å²) >= 11 is 0. The number of halogens is 3. The van der Waals surface area contributed by atoms with Crippen LogP contribution < -0.4 is 5.32 Å². The second-order valence-electron chi connectivity index (χ2n) is 11.7. The molecule has 2 aromatic heterocycles. The summed E-state index contributed by atoms with van der Waals surface area (Å²) in [4.78, 5) is 22.4. The van der Waals surface area contributed by atoms with E-state index in [0.29, 0.717) is 18.4 Å². The second kappa shape index (κ2) is 10.6. The van der Waals surface area contributed by atoms with Gasteiger partial charge in [-0.15, -0.1) is 0 Å². The largest absolute Gasteiger partial charge is 0.416 e. The van der Waals surface area contributed by atoms with Gasteiger partial charge in [0.2, 0.25) is 0 Å². The number of benzene rings is 3. The number of rotatable bonds is 8. The Bertz CT molecular complexity index is 1840. The van der Waals surface area contributed by atoms with E-state index in [-0.39, 0.29) is 5.56 Å². The Morgan fingerprint density at radius 2 is 1.86 bits per heavy atom. The molecule has 1 N–H and O–H groups in total. The Kier molecular flexibility index (Phi) is 6.75. The third-order valence-electron chi connectivity index (χ3n) is 8.28. The standard InChI is InChI=1S/C34H30F3N5O/c1-20(40-33(43)25-3-2-4-27(14-25)34(35,36)37)23-9-12-29(22-5-6-22)30(15-23)24-7-8-26-18-38-32(41-31(26)16-24)13-21-17-39-42(19-21)28-10-11-28/h2-4,7-9,12,14-20,22,28H,5-6,10-11,13H2,1H3,(H,40,43)/t20-/m1/s1. The molecule has 9 heteroatoms. The summed E-state index contributed by atoms with van der Waals surface area (Å²) in [6.07, 6.45) is 6.55. The first-order valence-electron chi connectivity index (χ1n) is 14.6. The van der Waals surface area contributed by atoms with Crippen LogP contribution in [0.4, 0.5) is 13.2 Å². The quantitative estimate of drug-likeness (QED) is 0.203. The molecule has 1 atom stereocenters. The maximum Gasteiger partial charge on any atom is 0.416 e. The summed E-state index contributed by atoms with van der Waals surface area (Å²) < 4.78 is 41.6. The van der Waals surface area contributed by atoms with E-state index < -0.39 is 23.7 Å². The minimum atomic E-state index is -4.51. The van der Waals surface area contributed by atoms with Crippen LogP contribution in [0.1, 0.15) is 89.0 Å². The fraction of sp³-hybridized carbons (Fsp3) is 0.294. The number of amides is 1. The summed E-state index contributed by atoms with van der Waals surface area (Å²) in [6.45, 7) is 1.84. The first-order chi connectivity index (χ1) is 20.7. The molecule has 6 nitrogen and oxygen atoms in total. The molecule has 2 aliphatic rings. The number of carbonyl (C=O) groups excluding carboxylic acids is 1. The minimum Gasteiger partial charge on any atom is -0.346 e. The summed E-state index contributed by atoms with van der Waals surface area (Å²) in [7, 11) is 0. The van der Waals surface area contributed by atoms with Crippen LogP contribution in [0.5, 0.6) is 0 Å². The predicted octanol–water partition coefficient (Wildman–Crippen LogP) is 7.81.